The lowest BCUT2D eigenvalue weighted by atomic mass is 10.2. The second-order valence-corrected chi connectivity index (χ2v) is 9.46. The number of nitro benzene ring substituents is 1. The maximum Gasteiger partial charge on any atom is 0.270 e. The van der Waals surface area contributed by atoms with Crippen LogP contribution in [0.2, 0.25) is 0 Å². The number of hydrogen-bond acceptors (Lipinski definition) is 8. The molecule has 2 N–H and O–H groups in total. The van der Waals surface area contributed by atoms with Crippen LogP contribution in [0.25, 0.3) is 10.9 Å². The van der Waals surface area contributed by atoms with Gasteiger partial charge in [-0.3, -0.25) is 10.1 Å². The highest BCUT2D eigenvalue weighted by Gasteiger charge is 2.34. The highest BCUT2D eigenvalue weighted by molar-refractivity contribution is 7.89. The van der Waals surface area contributed by atoms with Crippen molar-refractivity contribution in [1.82, 2.24) is 9.29 Å². The number of rotatable bonds is 5. The lowest BCUT2D eigenvalue weighted by Gasteiger charge is -2.34. The van der Waals surface area contributed by atoms with Crippen molar-refractivity contribution in [1.29, 1.82) is 0 Å². The Hall–Kier alpha value is -3.35. The first-order valence-corrected chi connectivity index (χ1v) is 11.3. The molecule has 4 rings (SSSR count). The standard InChI is InChI=1S/C20H21N5O6S/c1-12-10-24(11-13(2)31-12)32(29,30)18-9-14(25(27)28)7-8-17(18)22-23-19-15-5-3-4-6-16(15)21-20(19)26/h3-9,12-13,21,26H,10-11H2,1-2H3/t12-,13-/m1/s1. The first kappa shape index (κ1) is 21.9. The van der Waals surface area contributed by atoms with Gasteiger partial charge in [-0.15, -0.1) is 10.2 Å². The number of hydrogen-bond donors (Lipinski definition) is 2. The van der Waals surface area contributed by atoms with Gasteiger partial charge in [-0.25, -0.2) is 8.42 Å². The fourth-order valence-corrected chi connectivity index (χ4v) is 5.42. The van der Waals surface area contributed by atoms with E-state index in [1.54, 1.807) is 38.1 Å². The molecule has 168 valence electrons. The number of aromatic nitrogens is 1. The fourth-order valence-electron chi connectivity index (χ4n) is 3.69. The first-order valence-electron chi connectivity index (χ1n) is 9.82. The third-order valence-corrected chi connectivity index (χ3v) is 6.94. The number of morpholine rings is 1. The van der Waals surface area contributed by atoms with Crippen molar-refractivity contribution in [3.63, 3.8) is 0 Å². The van der Waals surface area contributed by atoms with Crippen LogP contribution in [0.4, 0.5) is 17.1 Å². The molecule has 0 radical (unpaired) electrons. The number of nitrogens with zero attached hydrogens (tertiary/aromatic N) is 4. The molecule has 2 aromatic carbocycles. The molecule has 0 spiro atoms. The van der Waals surface area contributed by atoms with Crippen LogP contribution in [0.3, 0.4) is 0 Å². The Morgan fingerprint density at radius 3 is 2.53 bits per heavy atom. The Labute approximate surface area is 183 Å². The maximum atomic E-state index is 13.4. The lowest BCUT2D eigenvalue weighted by molar-refractivity contribution is -0.385. The molecule has 1 aromatic heterocycles. The minimum absolute atomic E-state index is 0.0768. The Balaban J connectivity index is 1.80. The Morgan fingerprint density at radius 1 is 1.16 bits per heavy atom. The third kappa shape index (κ3) is 4.07. The highest BCUT2D eigenvalue weighted by Crippen LogP contribution is 2.38. The number of aromatic amines is 1. The predicted octanol–water partition coefficient (Wildman–Crippen LogP) is 4.00. The number of fused-ring (bicyclic) bond motifs is 1. The van der Waals surface area contributed by atoms with E-state index in [9.17, 15) is 23.6 Å². The van der Waals surface area contributed by atoms with Gasteiger partial charge in [0.1, 0.15) is 10.6 Å². The van der Waals surface area contributed by atoms with Crippen molar-refractivity contribution >= 4 is 38.0 Å². The average molecular weight is 459 g/mol. The molecule has 3 aromatic rings. The fraction of sp³-hybridized carbons (Fsp3) is 0.300. The molecule has 32 heavy (non-hydrogen) atoms. The molecule has 0 bridgehead atoms. The molecule has 0 unspecified atom stereocenters. The van der Waals surface area contributed by atoms with E-state index in [1.807, 2.05) is 0 Å². The number of benzene rings is 2. The van der Waals surface area contributed by atoms with Gasteiger partial charge in [0.25, 0.3) is 5.69 Å². The lowest BCUT2D eigenvalue weighted by Crippen LogP contribution is -2.48. The molecular weight excluding hydrogens is 438 g/mol. The summed E-state index contributed by atoms with van der Waals surface area (Å²) in [6.45, 7) is 3.72. The number of sulfonamides is 1. The summed E-state index contributed by atoms with van der Waals surface area (Å²) in [5.74, 6) is -0.225. The van der Waals surface area contributed by atoms with Crippen LogP contribution in [0.1, 0.15) is 13.8 Å². The van der Waals surface area contributed by atoms with E-state index in [2.05, 4.69) is 15.2 Å². The smallest absolute Gasteiger partial charge is 0.270 e. The van der Waals surface area contributed by atoms with Gasteiger partial charge in [-0.05, 0) is 26.0 Å². The molecule has 2 heterocycles. The van der Waals surface area contributed by atoms with E-state index in [4.69, 9.17) is 4.74 Å². The topological polar surface area (TPSA) is 150 Å². The van der Waals surface area contributed by atoms with E-state index in [0.717, 1.165) is 12.1 Å². The van der Waals surface area contributed by atoms with Gasteiger partial charge in [0.15, 0.2) is 5.69 Å². The second-order valence-electron chi connectivity index (χ2n) is 7.56. The van der Waals surface area contributed by atoms with E-state index in [0.29, 0.717) is 10.9 Å². The molecule has 1 aliphatic heterocycles. The van der Waals surface area contributed by atoms with Gasteiger partial charge in [0.2, 0.25) is 15.9 Å². The van der Waals surface area contributed by atoms with Crippen molar-refractivity contribution < 1.29 is 23.2 Å². The SMILES string of the molecule is C[C@@H]1CN(S(=O)(=O)c2cc([N+](=O)[O-])ccc2N=Nc2c(O)[nH]c3ccccc23)C[C@@H](C)O1. The van der Waals surface area contributed by atoms with Crippen molar-refractivity contribution in [2.24, 2.45) is 10.2 Å². The van der Waals surface area contributed by atoms with Crippen molar-refractivity contribution in [3.05, 3.63) is 52.6 Å². The molecule has 1 saturated heterocycles. The summed E-state index contributed by atoms with van der Waals surface area (Å²) in [5.41, 5.74) is 0.307. The summed E-state index contributed by atoms with van der Waals surface area (Å²) in [7, 11) is -4.13. The monoisotopic (exact) mass is 459 g/mol. The molecule has 0 amide bonds. The predicted molar refractivity (Wildman–Crippen MR) is 116 cm³/mol. The Bertz CT molecular complexity index is 1310. The summed E-state index contributed by atoms with van der Waals surface area (Å²) in [5, 5.41) is 30.2. The minimum atomic E-state index is -4.13. The molecule has 0 saturated carbocycles. The van der Waals surface area contributed by atoms with Crippen LogP contribution in [0.15, 0.2) is 57.6 Å². The molecule has 11 nitrogen and oxygen atoms in total. The van der Waals surface area contributed by atoms with Gasteiger partial charge in [0.05, 0.1) is 22.6 Å². The molecule has 12 heteroatoms. The van der Waals surface area contributed by atoms with E-state index >= 15 is 0 Å². The zero-order valence-corrected chi connectivity index (χ0v) is 18.1. The number of nitrogens with one attached hydrogen (secondary N) is 1. The third-order valence-electron chi connectivity index (χ3n) is 5.08. The number of non-ortho nitro benzene ring substituents is 1. The van der Waals surface area contributed by atoms with Crippen molar-refractivity contribution in [2.75, 3.05) is 13.1 Å². The van der Waals surface area contributed by atoms with Gasteiger partial charge in [0, 0.05) is 30.6 Å². The molecule has 1 aliphatic rings. The Kier molecular flexibility index (Phi) is 5.67. The number of nitro groups is 1. The molecular formula is C20H21N5O6S. The van der Waals surface area contributed by atoms with E-state index in [-0.39, 0.29) is 53.1 Å². The van der Waals surface area contributed by atoms with Crippen LogP contribution < -0.4 is 0 Å². The summed E-state index contributed by atoms with van der Waals surface area (Å²) >= 11 is 0. The summed E-state index contributed by atoms with van der Waals surface area (Å²) < 4.78 is 33.6. The van der Waals surface area contributed by atoms with Crippen LogP contribution in [0.5, 0.6) is 5.88 Å². The number of aromatic hydroxyl groups is 1. The normalized spacial score (nSPS) is 20.2. The second kappa shape index (κ2) is 8.30. The summed E-state index contributed by atoms with van der Waals surface area (Å²) in [6.07, 6.45) is -0.666. The van der Waals surface area contributed by atoms with Crippen LogP contribution >= 0.6 is 0 Å². The van der Waals surface area contributed by atoms with Crippen molar-refractivity contribution in [3.8, 4) is 5.88 Å². The maximum absolute atomic E-state index is 13.4. The van der Waals surface area contributed by atoms with Gasteiger partial charge < -0.3 is 14.8 Å². The number of H-pyrrole nitrogens is 1. The highest BCUT2D eigenvalue weighted by atomic mass is 32.2. The molecule has 2 atom stereocenters. The number of ether oxygens (including phenoxy) is 1. The largest absolute Gasteiger partial charge is 0.493 e. The van der Waals surface area contributed by atoms with Gasteiger partial charge in [-0.2, -0.15) is 4.31 Å². The summed E-state index contributed by atoms with van der Waals surface area (Å²) in [4.78, 5) is 13.1. The van der Waals surface area contributed by atoms with Crippen molar-refractivity contribution in [2.45, 2.75) is 31.0 Å². The summed E-state index contributed by atoms with van der Waals surface area (Å²) in [6, 6.07) is 10.4. The number of azo groups is 1. The zero-order chi connectivity index (χ0) is 23.0. The molecule has 1 fully saturated rings. The first-order chi connectivity index (χ1) is 15.2. The zero-order valence-electron chi connectivity index (χ0n) is 17.3. The van der Waals surface area contributed by atoms with Crippen LogP contribution in [-0.2, 0) is 14.8 Å². The van der Waals surface area contributed by atoms with Gasteiger partial charge in [-0.1, -0.05) is 18.2 Å². The van der Waals surface area contributed by atoms with Crippen LogP contribution in [0, 0.1) is 10.1 Å². The Morgan fingerprint density at radius 2 is 1.84 bits per heavy atom. The minimum Gasteiger partial charge on any atom is -0.493 e. The van der Waals surface area contributed by atoms with E-state index < -0.39 is 14.9 Å². The van der Waals surface area contributed by atoms with Gasteiger partial charge >= 0.3 is 0 Å². The average Bonchev–Trinajstić information content (AvgIpc) is 3.06. The quantitative estimate of drug-likeness (QED) is 0.334. The molecule has 0 aliphatic carbocycles. The van der Waals surface area contributed by atoms with Crippen LogP contribution in [-0.4, -0.2) is 53.0 Å². The number of para-hydroxylation sites is 1. The van der Waals surface area contributed by atoms with E-state index in [1.165, 1.54) is 10.4 Å².